The van der Waals surface area contributed by atoms with Gasteiger partial charge < -0.3 is 20.9 Å². The molecule has 0 saturated carbocycles. The Bertz CT molecular complexity index is 729. The van der Waals surface area contributed by atoms with Crippen molar-refractivity contribution in [3.8, 4) is 0 Å². The first kappa shape index (κ1) is 18.4. The molecule has 1 aromatic carbocycles. The van der Waals surface area contributed by atoms with Crippen LogP contribution in [-0.2, 0) is 4.79 Å². The first-order valence-corrected chi connectivity index (χ1v) is 7.97. The van der Waals surface area contributed by atoms with Crippen molar-refractivity contribution in [3.05, 3.63) is 48.2 Å². The number of hydrogen-bond acceptors (Lipinski definition) is 5. The lowest BCUT2D eigenvalue weighted by molar-refractivity contribution is -0.114. The summed E-state index contributed by atoms with van der Waals surface area (Å²) in [5.74, 6) is 0.309. The van der Waals surface area contributed by atoms with Gasteiger partial charge in [-0.15, -0.1) is 0 Å². The van der Waals surface area contributed by atoms with Crippen molar-refractivity contribution >= 4 is 29.0 Å². The molecule has 7 heteroatoms. The van der Waals surface area contributed by atoms with Crippen LogP contribution in [0.1, 0.15) is 17.3 Å². The number of anilines is 3. The Hall–Kier alpha value is -2.93. The molecule has 0 unspecified atom stereocenters. The molecule has 2 rings (SSSR count). The first-order valence-electron chi connectivity index (χ1n) is 7.97. The van der Waals surface area contributed by atoms with Gasteiger partial charge in [0.2, 0.25) is 5.91 Å². The van der Waals surface area contributed by atoms with Gasteiger partial charge in [0.1, 0.15) is 5.82 Å². The normalized spacial score (nSPS) is 10.4. The second-order valence-electron chi connectivity index (χ2n) is 5.87. The highest BCUT2D eigenvalue weighted by molar-refractivity contribution is 6.04. The molecule has 0 fully saturated rings. The second-order valence-corrected chi connectivity index (χ2v) is 5.87. The van der Waals surface area contributed by atoms with Gasteiger partial charge in [0.05, 0.1) is 0 Å². The summed E-state index contributed by atoms with van der Waals surface area (Å²) >= 11 is 0. The average Bonchev–Trinajstić information content (AvgIpc) is 2.56. The summed E-state index contributed by atoms with van der Waals surface area (Å²) in [6, 6.07) is 10.3. The maximum atomic E-state index is 12.4. The van der Waals surface area contributed by atoms with E-state index in [0.29, 0.717) is 22.8 Å². The van der Waals surface area contributed by atoms with Crippen LogP contribution in [0.2, 0.25) is 0 Å². The standard InChI is InChI=1S/C18H23N5O2/c1-13(24)21-15-4-6-16(7-5-15)22-18(25)14-8-9-19-17(12-14)20-10-11-23(2)3/h4-9,12H,10-11H2,1-3H3,(H,19,20)(H,21,24)(H,22,25). The lowest BCUT2D eigenvalue weighted by atomic mass is 10.2. The minimum Gasteiger partial charge on any atom is -0.369 e. The van der Waals surface area contributed by atoms with Crippen LogP contribution in [0.5, 0.6) is 0 Å². The topological polar surface area (TPSA) is 86.4 Å². The van der Waals surface area contributed by atoms with Crippen LogP contribution < -0.4 is 16.0 Å². The van der Waals surface area contributed by atoms with E-state index in [2.05, 4.69) is 25.8 Å². The number of likely N-dealkylation sites (N-methyl/N-ethyl adjacent to an activating group) is 1. The fourth-order valence-electron chi connectivity index (χ4n) is 2.12. The zero-order chi connectivity index (χ0) is 18.2. The number of benzene rings is 1. The zero-order valence-electron chi connectivity index (χ0n) is 14.7. The van der Waals surface area contributed by atoms with Gasteiger partial charge in [-0.2, -0.15) is 0 Å². The van der Waals surface area contributed by atoms with Crippen LogP contribution in [0, 0.1) is 0 Å². The van der Waals surface area contributed by atoms with Crippen molar-refractivity contribution in [1.29, 1.82) is 0 Å². The van der Waals surface area contributed by atoms with Gasteiger partial charge in [-0.05, 0) is 50.5 Å². The molecule has 1 heterocycles. The van der Waals surface area contributed by atoms with Gasteiger partial charge in [0.25, 0.3) is 5.91 Å². The van der Waals surface area contributed by atoms with Crippen LogP contribution >= 0.6 is 0 Å². The molecule has 3 N–H and O–H groups in total. The number of nitrogens with zero attached hydrogens (tertiary/aromatic N) is 2. The Labute approximate surface area is 147 Å². The summed E-state index contributed by atoms with van der Waals surface area (Å²) < 4.78 is 0. The minimum atomic E-state index is -0.217. The summed E-state index contributed by atoms with van der Waals surface area (Å²) in [4.78, 5) is 29.7. The zero-order valence-corrected chi connectivity index (χ0v) is 14.7. The third-order valence-corrected chi connectivity index (χ3v) is 3.35. The number of pyridine rings is 1. The van der Waals surface area contributed by atoms with Crippen molar-refractivity contribution in [1.82, 2.24) is 9.88 Å². The highest BCUT2D eigenvalue weighted by Gasteiger charge is 2.08. The first-order chi connectivity index (χ1) is 11.9. The summed E-state index contributed by atoms with van der Waals surface area (Å²) in [6.45, 7) is 3.07. The molecule has 0 aliphatic heterocycles. The van der Waals surface area contributed by atoms with Crippen molar-refractivity contribution in [2.75, 3.05) is 43.1 Å². The lowest BCUT2D eigenvalue weighted by Crippen LogP contribution is -2.21. The molecular formula is C18H23N5O2. The maximum absolute atomic E-state index is 12.4. The molecule has 132 valence electrons. The fourth-order valence-corrected chi connectivity index (χ4v) is 2.12. The molecule has 0 radical (unpaired) electrons. The summed E-state index contributed by atoms with van der Waals surface area (Å²) in [5, 5.41) is 8.69. The molecule has 0 saturated heterocycles. The third kappa shape index (κ3) is 6.23. The van der Waals surface area contributed by atoms with Crippen LogP contribution in [0.3, 0.4) is 0 Å². The number of carbonyl (C=O) groups is 2. The quantitative estimate of drug-likeness (QED) is 0.719. The van der Waals surface area contributed by atoms with Gasteiger partial charge in [0, 0.05) is 43.1 Å². The molecule has 0 atom stereocenters. The Kier molecular flexibility index (Phi) is 6.47. The van der Waals surface area contributed by atoms with Crippen molar-refractivity contribution < 1.29 is 9.59 Å². The SMILES string of the molecule is CC(=O)Nc1ccc(NC(=O)c2ccnc(NCCN(C)C)c2)cc1. The molecular weight excluding hydrogens is 318 g/mol. The molecule has 0 aliphatic rings. The summed E-state index contributed by atoms with van der Waals surface area (Å²) in [7, 11) is 3.99. The molecule has 1 aromatic heterocycles. The van der Waals surface area contributed by atoms with Crippen LogP contribution in [-0.4, -0.2) is 48.9 Å². The number of hydrogen-bond donors (Lipinski definition) is 3. The van der Waals surface area contributed by atoms with Crippen LogP contribution in [0.25, 0.3) is 0 Å². The van der Waals surface area contributed by atoms with Gasteiger partial charge in [0.15, 0.2) is 0 Å². The number of carbonyl (C=O) groups excluding carboxylic acids is 2. The second kappa shape index (κ2) is 8.79. The largest absolute Gasteiger partial charge is 0.369 e. The van der Waals surface area contributed by atoms with Gasteiger partial charge in [-0.1, -0.05) is 0 Å². The number of aromatic nitrogens is 1. The highest BCUT2D eigenvalue weighted by Crippen LogP contribution is 2.15. The molecule has 25 heavy (non-hydrogen) atoms. The average molecular weight is 341 g/mol. The van der Waals surface area contributed by atoms with Gasteiger partial charge in [-0.3, -0.25) is 9.59 Å². The van der Waals surface area contributed by atoms with Gasteiger partial charge >= 0.3 is 0 Å². The maximum Gasteiger partial charge on any atom is 0.255 e. The van der Waals surface area contributed by atoms with E-state index < -0.39 is 0 Å². The number of nitrogens with one attached hydrogen (secondary N) is 3. The molecule has 0 bridgehead atoms. The van der Waals surface area contributed by atoms with E-state index >= 15 is 0 Å². The Morgan fingerprint density at radius 1 is 1.04 bits per heavy atom. The smallest absolute Gasteiger partial charge is 0.255 e. The molecule has 0 spiro atoms. The van der Waals surface area contributed by atoms with E-state index in [1.165, 1.54) is 6.92 Å². The molecule has 2 amide bonds. The highest BCUT2D eigenvalue weighted by atomic mass is 16.2. The van der Waals surface area contributed by atoms with E-state index in [4.69, 9.17) is 0 Å². The Balaban J connectivity index is 1.97. The van der Waals surface area contributed by atoms with Crippen molar-refractivity contribution in [3.63, 3.8) is 0 Å². The predicted octanol–water partition coefficient (Wildman–Crippen LogP) is 2.27. The van der Waals surface area contributed by atoms with E-state index in [9.17, 15) is 9.59 Å². The number of rotatable bonds is 7. The van der Waals surface area contributed by atoms with Gasteiger partial charge in [-0.25, -0.2) is 4.98 Å². The lowest BCUT2D eigenvalue weighted by Gasteiger charge is -2.11. The van der Waals surface area contributed by atoms with E-state index in [1.807, 2.05) is 14.1 Å². The predicted molar refractivity (Wildman–Crippen MR) is 100.0 cm³/mol. The third-order valence-electron chi connectivity index (χ3n) is 3.35. The fraction of sp³-hybridized carbons (Fsp3) is 0.278. The molecule has 7 nitrogen and oxygen atoms in total. The van der Waals surface area contributed by atoms with Crippen molar-refractivity contribution in [2.45, 2.75) is 6.92 Å². The molecule has 2 aromatic rings. The van der Waals surface area contributed by atoms with Crippen LogP contribution in [0.15, 0.2) is 42.6 Å². The number of amides is 2. The molecule has 0 aliphatic carbocycles. The Morgan fingerprint density at radius 3 is 2.28 bits per heavy atom. The monoisotopic (exact) mass is 341 g/mol. The van der Waals surface area contributed by atoms with E-state index in [1.54, 1.807) is 42.6 Å². The van der Waals surface area contributed by atoms with E-state index in [-0.39, 0.29) is 11.8 Å². The van der Waals surface area contributed by atoms with Crippen LogP contribution in [0.4, 0.5) is 17.2 Å². The minimum absolute atomic E-state index is 0.136. The Morgan fingerprint density at radius 2 is 1.68 bits per heavy atom. The summed E-state index contributed by atoms with van der Waals surface area (Å²) in [5.41, 5.74) is 1.85. The summed E-state index contributed by atoms with van der Waals surface area (Å²) in [6.07, 6.45) is 1.60. The van der Waals surface area contributed by atoms with E-state index in [0.717, 1.165) is 13.1 Å². The van der Waals surface area contributed by atoms with Crippen molar-refractivity contribution in [2.24, 2.45) is 0 Å².